The summed E-state index contributed by atoms with van der Waals surface area (Å²) in [6.45, 7) is 8.70. The first-order chi connectivity index (χ1) is 12.3. The maximum absolute atomic E-state index is 5.78. The summed E-state index contributed by atoms with van der Waals surface area (Å²) in [5.41, 5.74) is 0. The molecule has 0 atom stereocenters. The van der Waals surface area contributed by atoms with E-state index in [1.54, 1.807) is 0 Å². The first-order valence-corrected chi connectivity index (χ1v) is 9.23. The van der Waals surface area contributed by atoms with Gasteiger partial charge in [-0.3, -0.25) is 4.90 Å². The van der Waals surface area contributed by atoms with Crippen molar-refractivity contribution in [3.05, 3.63) is 12.3 Å². The summed E-state index contributed by atoms with van der Waals surface area (Å²) in [5.74, 6) is 1.31. The van der Waals surface area contributed by atoms with Crippen molar-refractivity contribution in [1.82, 2.24) is 14.9 Å². The van der Waals surface area contributed by atoms with Gasteiger partial charge in [-0.2, -0.15) is 4.98 Å². The fourth-order valence-corrected chi connectivity index (χ4v) is 3.60. The molecule has 4 heterocycles. The van der Waals surface area contributed by atoms with Crippen LogP contribution in [0.25, 0.3) is 0 Å². The molecule has 0 bridgehead atoms. The first-order valence-electron chi connectivity index (χ1n) is 9.23. The minimum atomic E-state index is -0.357. The number of ether oxygens (including phenoxy) is 3. The minimum absolute atomic E-state index is 0.357. The van der Waals surface area contributed by atoms with Crippen LogP contribution in [-0.4, -0.2) is 86.4 Å². The van der Waals surface area contributed by atoms with Gasteiger partial charge in [-0.15, -0.1) is 0 Å². The Morgan fingerprint density at radius 3 is 2.56 bits per heavy atom. The Morgan fingerprint density at radius 2 is 1.80 bits per heavy atom. The van der Waals surface area contributed by atoms with E-state index in [-0.39, 0.29) is 5.79 Å². The van der Waals surface area contributed by atoms with Crippen molar-refractivity contribution in [3.63, 3.8) is 0 Å². The third kappa shape index (κ3) is 4.20. The molecule has 1 aromatic rings. The lowest BCUT2D eigenvalue weighted by molar-refractivity contribution is -0.169. The van der Waals surface area contributed by atoms with Gasteiger partial charge in [-0.05, 0) is 6.07 Å². The number of hydrogen-bond donors (Lipinski definition) is 1. The highest BCUT2D eigenvalue weighted by molar-refractivity contribution is 5.41. The van der Waals surface area contributed by atoms with Crippen molar-refractivity contribution < 1.29 is 14.2 Å². The number of aromatic nitrogens is 2. The quantitative estimate of drug-likeness (QED) is 0.827. The lowest BCUT2D eigenvalue weighted by atomic mass is 10.0. The summed E-state index contributed by atoms with van der Waals surface area (Å²) in [7, 11) is 0. The van der Waals surface area contributed by atoms with E-state index in [1.165, 1.54) is 0 Å². The molecule has 3 aliphatic rings. The van der Waals surface area contributed by atoms with Gasteiger partial charge in [-0.25, -0.2) is 4.98 Å². The van der Waals surface area contributed by atoms with Crippen LogP contribution in [0.2, 0.25) is 0 Å². The Balaban J connectivity index is 1.27. The van der Waals surface area contributed by atoms with Crippen molar-refractivity contribution in [2.75, 3.05) is 75.9 Å². The smallest absolute Gasteiger partial charge is 0.227 e. The Kier molecular flexibility index (Phi) is 5.30. The zero-order chi connectivity index (χ0) is 17.0. The Bertz CT molecular complexity index is 551. The maximum Gasteiger partial charge on any atom is 0.227 e. The summed E-state index contributed by atoms with van der Waals surface area (Å²) in [6.07, 6.45) is 3.56. The van der Waals surface area contributed by atoms with Crippen LogP contribution in [0.1, 0.15) is 12.8 Å². The van der Waals surface area contributed by atoms with Gasteiger partial charge in [-0.1, -0.05) is 0 Å². The number of piperidine rings is 1. The molecule has 4 rings (SSSR count). The monoisotopic (exact) mass is 349 g/mol. The molecule has 0 amide bonds. The van der Waals surface area contributed by atoms with Crippen LogP contribution >= 0.6 is 0 Å². The molecule has 8 heteroatoms. The van der Waals surface area contributed by atoms with Crippen LogP contribution in [0.3, 0.4) is 0 Å². The summed E-state index contributed by atoms with van der Waals surface area (Å²) in [6, 6.07) is 1.93. The van der Waals surface area contributed by atoms with Crippen LogP contribution in [0.15, 0.2) is 12.3 Å². The fraction of sp³-hybridized carbons (Fsp3) is 0.765. The van der Waals surface area contributed by atoms with Crippen molar-refractivity contribution in [2.24, 2.45) is 0 Å². The molecule has 1 spiro atoms. The van der Waals surface area contributed by atoms with Gasteiger partial charge < -0.3 is 24.4 Å². The molecule has 138 valence electrons. The predicted octanol–water partition coefficient (Wildman–Crippen LogP) is 0.564. The maximum atomic E-state index is 5.78. The SMILES string of the molecule is c1cc(NCCN2CCOCC2)nc(N2CCC3(CC2)OCCO3)n1. The Labute approximate surface area is 148 Å². The summed E-state index contributed by atoms with van der Waals surface area (Å²) >= 11 is 0. The van der Waals surface area contributed by atoms with Crippen molar-refractivity contribution in [1.29, 1.82) is 0 Å². The average molecular weight is 349 g/mol. The Hall–Kier alpha value is -1.48. The predicted molar refractivity (Wildman–Crippen MR) is 93.9 cm³/mol. The topological polar surface area (TPSA) is 72.0 Å². The molecule has 0 saturated carbocycles. The van der Waals surface area contributed by atoms with Crippen molar-refractivity contribution in [2.45, 2.75) is 18.6 Å². The lowest BCUT2D eigenvalue weighted by Crippen LogP contribution is -2.45. The number of anilines is 2. The zero-order valence-electron chi connectivity index (χ0n) is 14.7. The molecule has 8 nitrogen and oxygen atoms in total. The number of morpholine rings is 1. The second-order valence-electron chi connectivity index (χ2n) is 6.72. The first kappa shape index (κ1) is 17.0. The average Bonchev–Trinajstić information content (AvgIpc) is 3.12. The van der Waals surface area contributed by atoms with Gasteiger partial charge in [0, 0.05) is 58.3 Å². The molecule has 3 aliphatic heterocycles. The molecule has 0 aliphatic carbocycles. The molecule has 25 heavy (non-hydrogen) atoms. The van der Waals surface area contributed by atoms with E-state index in [9.17, 15) is 0 Å². The van der Waals surface area contributed by atoms with Crippen LogP contribution in [-0.2, 0) is 14.2 Å². The van der Waals surface area contributed by atoms with Crippen LogP contribution in [0.5, 0.6) is 0 Å². The van der Waals surface area contributed by atoms with Crippen molar-refractivity contribution >= 4 is 11.8 Å². The molecule has 0 aromatic carbocycles. The summed E-state index contributed by atoms with van der Waals surface area (Å²) < 4.78 is 16.9. The largest absolute Gasteiger partial charge is 0.379 e. The zero-order valence-corrected chi connectivity index (χ0v) is 14.7. The Morgan fingerprint density at radius 1 is 1.04 bits per heavy atom. The molecular formula is C17H27N5O3. The van der Waals surface area contributed by atoms with Gasteiger partial charge in [0.25, 0.3) is 0 Å². The molecular weight excluding hydrogens is 322 g/mol. The minimum Gasteiger partial charge on any atom is -0.379 e. The lowest BCUT2D eigenvalue weighted by Gasteiger charge is -2.37. The van der Waals surface area contributed by atoms with E-state index in [4.69, 9.17) is 14.2 Å². The molecule has 3 fully saturated rings. The van der Waals surface area contributed by atoms with Crippen molar-refractivity contribution in [3.8, 4) is 0 Å². The number of rotatable bonds is 5. The van der Waals surface area contributed by atoms with E-state index in [1.807, 2.05) is 12.3 Å². The van der Waals surface area contributed by atoms with E-state index in [0.717, 1.165) is 77.1 Å². The van der Waals surface area contributed by atoms with Gasteiger partial charge in [0.15, 0.2) is 5.79 Å². The highest BCUT2D eigenvalue weighted by Gasteiger charge is 2.40. The van der Waals surface area contributed by atoms with Crippen LogP contribution in [0.4, 0.5) is 11.8 Å². The summed E-state index contributed by atoms with van der Waals surface area (Å²) in [5, 5.41) is 3.41. The molecule has 1 N–H and O–H groups in total. The molecule has 0 radical (unpaired) electrons. The number of hydrogen-bond acceptors (Lipinski definition) is 8. The number of nitrogens with one attached hydrogen (secondary N) is 1. The van der Waals surface area contributed by atoms with E-state index < -0.39 is 0 Å². The van der Waals surface area contributed by atoms with Gasteiger partial charge in [0.2, 0.25) is 5.95 Å². The standard InChI is InChI=1S/C17H27N5O3/c1-4-19-16(22-6-2-17(3-7-22)24-13-14-25-17)20-15(1)18-5-8-21-9-11-23-12-10-21/h1,4H,2-3,5-14H2,(H,18,19,20). The van der Waals surface area contributed by atoms with Crippen LogP contribution in [0, 0.1) is 0 Å². The number of nitrogens with zero attached hydrogens (tertiary/aromatic N) is 4. The third-order valence-corrected chi connectivity index (χ3v) is 5.10. The molecule has 3 saturated heterocycles. The van der Waals surface area contributed by atoms with Crippen LogP contribution < -0.4 is 10.2 Å². The fourth-order valence-electron chi connectivity index (χ4n) is 3.60. The highest BCUT2D eigenvalue weighted by Crippen LogP contribution is 2.32. The van der Waals surface area contributed by atoms with E-state index >= 15 is 0 Å². The van der Waals surface area contributed by atoms with Gasteiger partial charge >= 0.3 is 0 Å². The van der Waals surface area contributed by atoms with E-state index in [2.05, 4.69) is 25.1 Å². The molecule has 1 aromatic heterocycles. The van der Waals surface area contributed by atoms with E-state index in [0.29, 0.717) is 13.2 Å². The highest BCUT2D eigenvalue weighted by atomic mass is 16.7. The second kappa shape index (κ2) is 7.82. The van der Waals surface area contributed by atoms with Gasteiger partial charge in [0.05, 0.1) is 26.4 Å². The molecule has 0 unspecified atom stereocenters. The summed E-state index contributed by atoms with van der Waals surface area (Å²) in [4.78, 5) is 13.7. The third-order valence-electron chi connectivity index (χ3n) is 5.10. The normalized spacial score (nSPS) is 23.9. The second-order valence-corrected chi connectivity index (χ2v) is 6.72. The van der Waals surface area contributed by atoms with Gasteiger partial charge in [0.1, 0.15) is 5.82 Å².